The first-order chi connectivity index (χ1) is 14.4. The van der Waals surface area contributed by atoms with Gasteiger partial charge in [0, 0.05) is 45.0 Å². The van der Waals surface area contributed by atoms with Crippen molar-refractivity contribution in [3.63, 3.8) is 0 Å². The summed E-state index contributed by atoms with van der Waals surface area (Å²) in [6, 6.07) is 11.8. The molecule has 0 bridgehead atoms. The van der Waals surface area contributed by atoms with Gasteiger partial charge in [0.05, 0.1) is 5.56 Å². The Kier molecular flexibility index (Phi) is 5.82. The van der Waals surface area contributed by atoms with Crippen LogP contribution in [0.25, 0.3) is 0 Å². The Morgan fingerprint density at radius 1 is 1.03 bits per heavy atom. The second kappa shape index (κ2) is 8.52. The van der Waals surface area contributed by atoms with Crippen LogP contribution in [0.15, 0.2) is 36.4 Å². The summed E-state index contributed by atoms with van der Waals surface area (Å²) in [5, 5.41) is 12.0. The van der Waals surface area contributed by atoms with Crippen LogP contribution in [0.1, 0.15) is 29.7 Å². The minimum absolute atomic E-state index is 0.0526. The maximum Gasteiger partial charge on any atom is 0.433 e. The van der Waals surface area contributed by atoms with E-state index in [9.17, 15) is 13.2 Å². The maximum absolute atomic E-state index is 12.9. The van der Waals surface area contributed by atoms with Crippen LogP contribution in [0, 0.1) is 17.2 Å². The number of anilines is 2. The van der Waals surface area contributed by atoms with Gasteiger partial charge < -0.3 is 10.2 Å². The third-order valence-corrected chi connectivity index (χ3v) is 5.65. The monoisotopic (exact) mass is 415 g/mol. The molecule has 1 aliphatic carbocycles. The number of nitrogens with zero attached hydrogens (tertiary/aromatic N) is 4. The van der Waals surface area contributed by atoms with E-state index in [4.69, 9.17) is 5.26 Å². The largest absolute Gasteiger partial charge is 0.433 e. The highest BCUT2D eigenvalue weighted by molar-refractivity contribution is 5.53. The number of pyridine rings is 1. The third kappa shape index (κ3) is 5.03. The Morgan fingerprint density at radius 3 is 2.33 bits per heavy atom. The molecule has 158 valence electrons. The molecule has 2 fully saturated rings. The Bertz CT molecular complexity index is 908. The first-order valence-electron chi connectivity index (χ1n) is 10.2. The van der Waals surface area contributed by atoms with E-state index in [1.165, 1.54) is 19.4 Å². The molecule has 1 N–H and O–H groups in total. The molecule has 1 saturated heterocycles. The Labute approximate surface area is 174 Å². The van der Waals surface area contributed by atoms with Crippen molar-refractivity contribution < 1.29 is 13.2 Å². The average Bonchev–Trinajstić information content (AvgIpc) is 3.56. The van der Waals surface area contributed by atoms with Crippen LogP contribution in [0.3, 0.4) is 0 Å². The first kappa shape index (κ1) is 20.5. The Balaban J connectivity index is 1.34. The lowest BCUT2D eigenvalue weighted by Gasteiger charge is -2.36. The predicted octanol–water partition coefficient (Wildman–Crippen LogP) is 4.12. The smallest absolute Gasteiger partial charge is 0.369 e. The van der Waals surface area contributed by atoms with E-state index in [2.05, 4.69) is 20.1 Å². The number of halogens is 3. The predicted molar refractivity (Wildman–Crippen MR) is 109 cm³/mol. The van der Waals surface area contributed by atoms with Gasteiger partial charge in [0.2, 0.25) is 0 Å². The molecule has 1 aliphatic heterocycles. The van der Waals surface area contributed by atoms with Gasteiger partial charge in [-0.2, -0.15) is 18.4 Å². The number of aromatic nitrogens is 1. The average molecular weight is 415 g/mol. The summed E-state index contributed by atoms with van der Waals surface area (Å²) in [4.78, 5) is 8.49. The van der Waals surface area contributed by atoms with Crippen molar-refractivity contribution in [2.45, 2.75) is 25.6 Å². The molecule has 0 amide bonds. The summed E-state index contributed by atoms with van der Waals surface area (Å²) in [6.45, 7) is 5.69. The number of piperazine rings is 1. The molecule has 2 heterocycles. The van der Waals surface area contributed by atoms with Gasteiger partial charge in [-0.05, 0) is 48.6 Å². The summed E-state index contributed by atoms with van der Waals surface area (Å²) in [7, 11) is 0. The molecule has 1 saturated carbocycles. The molecule has 2 aliphatic rings. The van der Waals surface area contributed by atoms with Gasteiger partial charge in [0.15, 0.2) is 0 Å². The van der Waals surface area contributed by atoms with E-state index < -0.39 is 11.9 Å². The Hall–Kier alpha value is -2.79. The van der Waals surface area contributed by atoms with Crippen LogP contribution >= 0.6 is 0 Å². The summed E-state index contributed by atoms with van der Waals surface area (Å²) >= 11 is 0. The normalized spacial score (nSPS) is 17.6. The summed E-state index contributed by atoms with van der Waals surface area (Å²) in [5.74, 6) is 0.861. The van der Waals surface area contributed by atoms with Crippen LogP contribution < -0.4 is 10.2 Å². The lowest BCUT2D eigenvalue weighted by atomic mass is 10.1. The van der Waals surface area contributed by atoms with Gasteiger partial charge in [0.1, 0.15) is 17.6 Å². The lowest BCUT2D eigenvalue weighted by Crippen LogP contribution is -2.47. The zero-order valence-electron chi connectivity index (χ0n) is 16.6. The van der Waals surface area contributed by atoms with Crippen molar-refractivity contribution in [3.8, 4) is 6.07 Å². The van der Waals surface area contributed by atoms with E-state index in [0.717, 1.165) is 55.5 Å². The van der Waals surface area contributed by atoms with E-state index in [1.54, 1.807) is 0 Å². The molecule has 5 nitrogen and oxygen atoms in total. The number of benzene rings is 1. The van der Waals surface area contributed by atoms with Crippen molar-refractivity contribution in [2.75, 3.05) is 42.9 Å². The molecule has 0 atom stereocenters. The standard InChI is InChI=1S/C22H24F3N5/c23-22(24,25)20-8-5-18(13-26)21(28-20)27-14-16-3-6-19(7-4-16)30-11-9-29(10-12-30)15-17-1-2-17/h3-8,17H,1-2,9-12,14-15H2,(H,27,28). The maximum atomic E-state index is 12.9. The molecule has 2 aromatic rings. The van der Waals surface area contributed by atoms with Crippen molar-refractivity contribution >= 4 is 11.5 Å². The molecule has 0 radical (unpaired) electrons. The Morgan fingerprint density at radius 2 is 1.73 bits per heavy atom. The number of nitriles is 1. The van der Waals surface area contributed by atoms with Crippen LogP contribution in [-0.2, 0) is 12.7 Å². The van der Waals surface area contributed by atoms with E-state index >= 15 is 0 Å². The van der Waals surface area contributed by atoms with Gasteiger partial charge in [-0.15, -0.1) is 0 Å². The van der Waals surface area contributed by atoms with E-state index in [0.29, 0.717) is 6.54 Å². The highest BCUT2D eigenvalue weighted by Crippen LogP contribution is 2.31. The number of hydrogen-bond acceptors (Lipinski definition) is 5. The van der Waals surface area contributed by atoms with Gasteiger partial charge in [-0.3, -0.25) is 4.90 Å². The minimum Gasteiger partial charge on any atom is -0.369 e. The first-order valence-corrected chi connectivity index (χ1v) is 10.2. The summed E-state index contributed by atoms with van der Waals surface area (Å²) < 4.78 is 38.7. The number of alkyl halides is 3. The molecular weight excluding hydrogens is 391 g/mol. The minimum atomic E-state index is -4.55. The fourth-order valence-electron chi connectivity index (χ4n) is 3.71. The highest BCUT2D eigenvalue weighted by atomic mass is 19.4. The SMILES string of the molecule is N#Cc1ccc(C(F)(F)F)nc1NCc1ccc(N2CCN(CC3CC3)CC2)cc1. The molecule has 8 heteroatoms. The third-order valence-electron chi connectivity index (χ3n) is 5.65. The lowest BCUT2D eigenvalue weighted by molar-refractivity contribution is -0.141. The molecular formula is C22H24F3N5. The van der Waals surface area contributed by atoms with Crippen LogP contribution in [0.5, 0.6) is 0 Å². The summed E-state index contributed by atoms with van der Waals surface area (Å²) in [6.07, 6.45) is -1.79. The number of nitrogens with one attached hydrogen (secondary N) is 1. The van der Waals surface area contributed by atoms with Crippen molar-refractivity contribution in [2.24, 2.45) is 5.92 Å². The molecule has 0 unspecified atom stereocenters. The highest BCUT2D eigenvalue weighted by Gasteiger charge is 2.33. The van der Waals surface area contributed by atoms with Crippen LogP contribution in [0.2, 0.25) is 0 Å². The van der Waals surface area contributed by atoms with Gasteiger partial charge in [-0.1, -0.05) is 12.1 Å². The van der Waals surface area contributed by atoms with Gasteiger partial charge in [-0.25, -0.2) is 4.98 Å². The second-order valence-corrected chi connectivity index (χ2v) is 7.95. The van der Waals surface area contributed by atoms with Crippen molar-refractivity contribution in [3.05, 3.63) is 53.2 Å². The molecule has 30 heavy (non-hydrogen) atoms. The van der Waals surface area contributed by atoms with E-state index in [-0.39, 0.29) is 11.4 Å². The van der Waals surface area contributed by atoms with Crippen molar-refractivity contribution in [1.82, 2.24) is 9.88 Å². The zero-order valence-corrected chi connectivity index (χ0v) is 16.6. The second-order valence-electron chi connectivity index (χ2n) is 7.95. The number of hydrogen-bond donors (Lipinski definition) is 1. The molecule has 1 aromatic heterocycles. The van der Waals surface area contributed by atoms with Crippen LogP contribution in [0.4, 0.5) is 24.7 Å². The molecule has 1 aromatic carbocycles. The van der Waals surface area contributed by atoms with Gasteiger partial charge in [0.25, 0.3) is 0 Å². The fourth-order valence-corrected chi connectivity index (χ4v) is 3.71. The number of rotatable bonds is 6. The fraction of sp³-hybridized carbons (Fsp3) is 0.455. The topological polar surface area (TPSA) is 55.2 Å². The van der Waals surface area contributed by atoms with Crippen LogP contribution in [-0.4, -0.2) is 42.6 Å². The van der Waals surface area contributed by atoms with Gasteiger partial charge >= 0.3 is 6.18 Å². The van der Waals surface area contributed by atoms with E-state index in [1.807, 2.05) is 30.3 Å². The summed E-state index contributed by atoms with van der Waals surface area (Å²) in [5.41, 5.74) is 1.14. The van der Waals surface area contributed by atoms with Crippen molar-refractivity contribution in [1.29, 1.82) is 5.26 Å². The molecule has 4 rings (SSSR count). The quantitative estimate of drug-likeness (QED) is 0.769. The molecule has 0 spiro atoms. The zero-order chi connectivity index (χ0) is 21.1.